The molecule has 204 valence electrons. The predicted octanol–water partition coefficient (Wildman–Crippen LogP) is 4.54. The van der Waals surface area contributed by atoms with E-state index in [2.05, 4.69) is 14.5 Å². The van der Waals surface area contributed by atoms with Crippen molar-refractivity contribution in [3.63, 3.8) is 0 Å². The monoisotopic (exact) mass is 566 g/mol. The molecule has 3 aromatic rings. The van der Waals surface area contributed by atoms with Crippen molar-refractivity contribution in [3.05, 3.63) is 87.9 Å². The zero-order chi connectivity index (χ0) is 28.0. The van der Waals surface area contributed by atoms with Gasteiger partial charge in [0.05, 0.1) is 23.1 Å². The third kappa shape index (κ3) is 7.30. The van der Waals surface area contributed by atoms with E-state index in [1.54, 1.807) is 12.1 Å². The molecular weight excluding hydrogens is 536 g/mol. The zero-order valence-corrected chi connectivity index (χ0v) is 23.6. The van der Waals surface area contributed by atoms with Crippen molar-refractivity contribution in [1.29, 1.82) is 5.26 Å². The Morgan fingerprint density at radius 2 is 1.62 bits per heavy atom. The Hall–Kier alpha value is -3.58. The third-order valence-electron chi connectivity index (χ3n) is 6.69. The molecule has 1 amide bonds. The Morgan fingerprint density at radius 3 is 2.21 bits per heavy atom. The van der Waals surface area contributed by atoms with Crippen LogP contribution in [-0.2, 0) is 10.0 Å². The Balaban J connectivity index is 1.22. The fraction of sp³-hybridized carbons (Fsp3) is 0.310. The van der Waals surface area contributed by atoms with Crippen LogP contribution in [0.3, 0.4) is 0 Å². The number of carbonyl (C=O) groups excluding carboxylic acids is 1. The SMILES string of the molecule is Cc1cc(OCCCN2CCN(c3ccc(C(=O)NS(=O)(=O)c4ccc(C#N)cc4)cc3)CC2)cc(C)c1Cl. The van der Waals surface area contributed by atoms with Gasteiger partial charge in [-0.2, -0.15) is 5.26 Å². The number of carbonyl (C=O) groups is 1. The molecule has 10 heteroatoms. The summed E-state index contributed by atoms with van der Waals surface area (Å²) in [7, 11) is -4.04. The van der Waals surface area contributed by atoms with E-state index in [4.69, 9.17) is 21.6 Å². The number of amides is 1. The average Bonchev–Trinajstić information content (AvgIpc) is 2.94. The summed E-state index contributed by atoms with van der Waals surface area (Å²) in [5.74, 6) is 0.144. The summed E-state index contributed by atoms with van der Waals surface area (Å²) in [6.45, 7) is 9.11. The van der Waals surface area contributed by atoms with Gasteiger partial charge < -0.3 is 9.64 Å². The van der Waals surface area contributed by atoms with Crippen LogP contribution in [0.2, 0.25) is 5.02 Å². The van der Waals surface area contributed by atoms with Crippen LogP contribution < -0.4 is 14.4 Å². The first-order valence-corrected chi connectivity index (χ1v) is 14.6. The summed E-state index contributed by atoms with van der Waals surface area (Å²) in [5.41, 5.74) is 3.61. The van der Waals surface area contributed by atoms with E-state index < -0.39 is 15.9 Å². The predicted molar refractivity (Wildman–Crippen MR) is 152 cm³/mol. The number of hydrogen-bond acceptors (Lipinski definition) is 7. The summed E-state index contributed by atoms with van der Waals surface area (Å²) >= 11 is 6.23. The molecule has 0 saturated carbocycles. The van der Waals surface area contributed by atoms with Crippen molar-refractivity contribution >= 4 is 33.2 Å². The lowest BCUT2D eigenvalue weighted by Crippen LogP contribution is -2.46. The second-order valence-corrected chi connectivity index (χ2v) is 11.6. The number of benzene rings is 3. The molecule has 1 aliphatic heterocycles. The largest absolute Gasteiger partial charge is 0.494 e. The Labute approximate surface area is 234 Å². The van der Waals surface area contributed by atoms with Gasteiger partial charge in [0, 0.05) is 49.0 Å². The number of anilines is 1. The van der Waals surface area contributed by atoms with Gasteiger partial charge in [0.2, 0.25) is 0 Å². The molecule has 1 saturated heterocycles. The molecule has 1 N–H and O–H groups in total. The number of aryl methyl sites for hydroxylation is 2. The van der Waals surface area contributed by atoms with Crippen molar-refractivity contribution in [1.82, 2.24) is 9.62 Å². The molecule has 0 aromatic heterocycles. The second kappa shape index (κ2) is 12.5. The minimum Gasteiger partial charge on any atom is -0.494 e. The smallest absolute Gasteiger partial charge is 0.264 e. The van der Waals surface area contributed by atoms with Crippen LogP contribution in [0, 0.1) is 25.2 Å². The van der Waals surface area contributed by atoms with Crippen LogP contribution in [-0.4, -0.2) is 58.6 Å². The highest BCUT2D eigenvalue weighted by Gasteiger charge is 2.20. The van der Waals surface area contributed by atoms with Gasteiger partial charge in [-0.25, -0.2) is 13.1 Å². The van der Waals surface area contributed by atoms with Crippen LogP contribution in [0.5, 0.6) is 5.75 Å². The minimum atomic E-state index is -4.04. The molecule has 1 fully saturated rings. The number of rotatable bonds is 9. The van der Waals surface area contributed by atoms with Gasteiger partial charge in [0.15, 0.2) is 0 Å². The third-order valence-corrected chi connectivity index (χ3v) is 8.63. The number of nitriles is 1. The van der Waals surface area contributed by atoms with Gasteiger partial charge >= 0.3 is 0 Å². The standard InChI is InChI=1S/C29H31ClN4O4S/c1-21-18-26(19-22(2)28(21)30)38-17-3-12-33-13-15-34(16-14-33)25-8-6-24(7-9-25)29(35)32-39(36,37)27-10-4-23(20-31)5-11-27/h4-11,18-19H,3,12-17H2,1-2H3,(H,32,35). The molecule has 0 radical (unpaired) electrons. The van der Waals surface area contributed by atoms with E-state index in [1.165, 1.54) is 24.3 Å². The molecule has 0 atom stereocenters. The normalized spacial score (nSPS) is 14.1. The number of nitrogens with one attached hydrogen (secondary N) is 1. The topological polar surface area (TPSA) is 103 Å². The van der Waals surface area contributed by atoms with Gasteiger partial charge in [0.25, 0.3) is 15.9 Å². The van der Waals surface area contributed by atoms with E-state index in [1.807, 2.05) is 44.2 Å². The van der Waals surface area contributed by atoms with Crippen LogP contribution in [0.1, 0.15) is 33.5 Å². The van der Waals surface area contributed by atoms with Crippen LogP contribution in [0.25, 0.3) is 0 Å². The van der Waals surface area contributed by atoms with Crippen molar-refractivity contribution in [2.75, 3.05) is 44.2 Å². The van der Waals surface area contributed by atoms with Crippen molar-refractivity contribution in [2.24, 2.45) is 0 Å². The number of piperazine rings is 1. The lowest BCUT2D eigenvalue weighted by atomic mass is 10.1. The molecule has 0 bridgehead atoms. The van der Waals surface area contributed by atoms with Crippen LogP contribution >= 0.6 is 11.6 Å². The molecule has 0 aliphatic carbocycles. The molecule has 0 spiro atoms. The molecule has 1 heterocycles. The van der Waals surface area contributed by atoms with Crippen molar-refractivity contribution < 1.29 is 17.9 Å². The van der Waals surface area contributed by atoms with Crippen LogP contribution in [0.4, 0.5) is 5.69 Å². The van der Waals surface area contributed by atoms with Crippen molar-refractivity contribution in [3.8, 4) is 11.8 Å². The van der Waals surface area contributed by atoms with Gasteiger partial charge in [-0.3, -0.25) is 9.69 Å². The molecule has 0 unspecified atom stereocenters. The summed E-state index contributed by atoms with van der Waals surface area (Å²) < 4.78 is 33.1. The van der Waals surface area contributed by atoms with Gasteiger partial charge in [0.1, 0.15) is 5.75 Å². The quantitative estimate of drug-likeness (QED) is 0.379. The highest BCUT2D eigenvalue weighted by molar-refractivity contribution is 7.90. The lowest BCUT2D eigenvalue weighted by molar-refractivity contribution is 0.0981. The number of ether oxygens (including phenoxy) is 1. The second-order valence-electron chi connectivity index (χ2n) is 9.52. The minimum absolute atomic E-state index is 0.0777. The van der Waals surface area contributed by atoms with Gasteiger partial charge in [-0.15, -0.1) is 0 Å². The van der Waals surface area contributed by atoms with E-state index >= 15 is 0 Å². The maximum atomic E-state index is 12.6. The maximum absolute atomic E-state index is 12.6. The first kappa shape index (κ1) is 28.4. The Bertz CT molecular complexity index is 1440. The molecule has 8 nitrogen and oxygen atoms in total. The maximum Gasteiger partial charge on any atom is 0.264 e. The average molecular weight is 567 g/mol. The molecule has 3 aromatic carbocycles. The summed E-state index contributed by atoms with van der Waals surface area (Å²) in [6, 6.07) is 18.2. The summed E-state index contributed by atoms with van der Waals surface area (Å²) in [6.07, 6.45) is 0.926. The van der Waals surface area contributed by atoms with E-state index in [0.717, 1.165) is 66.7 Å². The van der Waals surface area contributed by atoms with E-state index in [0.29, 0.717) is 12.2 Å². The highest BCUT2D eigenvalue weighted by Crippen LogP contribution is 2.26. The summed E-state index contributed by atoms with van der Waals surface area (Å²) in [5, 5.41) is 9.66. The molecular formula is C29H31ClN4O4S. The van der Waals surface area contributed by atoms with Gasteiger partial charge in [-0.05, 0) is 92.1 Å². The Morgan fingerprint density at radius 1 is 1.00 bits per heavy atom. The number of nitrogens with zero attached hydrogens (tertiary/aromatic N) is 3. The zero-order valence-electron chi connectivity index (χ0n) is 22.0. The molecule has 1 aliphatic rings. The summed E-state index contributed by atoms with van der Waals surface area (Å²) in [4.78, 5) is 17.2. The highest BCUT2D eigenvalue weighted by atomic mass is 35.5. The van der Waals surface area contributed by atoms with E-state index in [9.17, 15) is 13.2 Å². The van der Waals surface area contributed by atoms with Crippen molar-refractivity contribution in [2.45, 2.75) is 25.2 Å². The Kier molecular flexibility index (Phi) is 9.12. The van der Waals surface area contributed by atoms with Gasteiger partial charge in [-0.1, -0.05) is 11.6 Å². The molecule has 39 heavy (non-hydrogen) atoms. The lowest BCUT2D eigenvalue weighted by Gasteiger charge is -2.36. The van der Waals surface area contributed by atoms with E-state index in [-0.39, 0.29) is 10.5 Å². The first-order valence-electron chi connectivity index (χ1n) is 12.7. The first-order chi connectivity index (χ1) is 18.7. The van der Waals surface area contributed by atoms with Crippen LogP contribution in [0.15, 0.2) is 65.6 Å². The number of sulfonamides is 1. The number of halogens is 1. The fourth-order valence-electron chi connectivity index (χ4n) is 4.47. The molecule has 4 rings (SSSR count). The number of hydrogen-bond donors (Lipinski definition) is 1. The fourth-order valence-corrected chi connectivity index (χ4v) is 5.55.